The number of aryl methyl sites for hydroxylation is 3. The maximum absolute atomic E-state index is 12.3. The predicted molar refractivity (Wildman–Crippen MR) is 72.6 cm³/mol. The molecule has 3 rings (SSSR count). The van der Waals surface area contributed by atoms with Crippen molar-refractivity contribution in [1.29, 1.82) is 0 Å². The van der Waals surface area contributed by atoms with Gasteiger partial charge in [0.25, 0.3) is 5.78 Å². The Morgan fingerprint density at radius 2 is 1.79 bits per heavy atom. The maximum Gasteiger partial charge on any atom is 0.263 e. The van der Waals surface area contributed by atoms with E-state index in [1.54, 1.807) is 12.1 Å². The Labute approximate surface area is 110 Å². The van der Waals surface area contributed by atoms with E-state index in [1.165, 1.54) is 0 Å². The van der Waals surface area contributed by atoms with Crippen molar-refractivity contribution >= 4 is 16.8 Å². The lowest BCUT2D eigenvalue weighted by atomic mass is 10.1. The second-order valence-electron chi connectivity index (χ2n) is 4.80. The van der Waals surface area contributed by atoms with Gasteiger partial charge >= 0.3 is 0 Å². The van der Waals surface area contributed by atoms with Crippen LogP contribution in [0.4, 0.5) is 0 Å². The van der Waals surface area contributed by atoms with E-state index in [1.807, 2.05) is 39.0 Å². The van der Waals surface area contributed by atoms with E-state index in [9.17, 15) is 4.79 Å². The highest BCUT2D eigenvalue weighted by Gasteiger charge is 2.21. The fraction of sp³-hybridized carbons (Fsp3) is 0.188. The number of rotatable bonds is 2. The first-order valence-corrected chi connectivity index (χ1v) is 6.17. The van der Waals surface area contributed by atoms with Crippen LogP contribution in [0.2, 0.25) is 0 Å². The summed E-state index contributed by atoms with van der Waals surface area (Å²) < 4.78 is 11.0. The smallest absolute Gasteiger partial charge is 0.263 e. The van der Waals surface area contributed by atoms with E-state index < -0.39 is 0 Å². The van der Waals surface area contributed by atoms with Crippen LogP contribution in [-0.2, 0) is 0 Å². The number of carbonyl (C=O) groups is 1. The molecule has 1 aromatic carbocycles. The highest BCUT2D eigenvalue weighted by atomic mass is 16.4. The molecule has 0 amide bonds. The summed E-state index contributed by atoms with van der Waals surface area (Å²) in [6.45, 7) is 5.73. The van der Waals surface area contributed by atoms with Gasteiger partial charge in [0, 0.05) is 10.9 Å². The monoisotopic (exact) mass is 254 g/mol. The Hall–Kier alpha value is -2.29. The summed E-state index contributed by atoms with van der Waals surface area (Å²) in [5.41, 5.74) is 2.73. The molecular weight excluding hydrogens is 240 g/mol. The number of fused-ring (bicyclic) bond motifs is 1. The Morgan fingerprint density at radius 1 is 1.00 bits per heavy atom. The average molecular weight is 254 g/mol. The SMILES string of the molecule is Cc1ccc2oc(C(=O)c3ccc(C)o3)c(C)c2c1. The normalized spacial score (nSPS) is 11.1. The average Bonchev–Trinajstić information content (AvgIpc) is 2.94. The van der Waals surface area contributed by atoms with Gasteiger partial charge in [0.05, 0.1) is 0 Å². The Bertz CT molecular complexity index is 774. The number of ketones is 1. The molecule has 3 nitrogen and oxygen atoms in total. The van der Waals surface area contributed by atoms with E-state index in [0.29, 0.717) is 17.3 Å². The minimum atomic E-state index is -0.209. The second-order valence-corrected chi connectivity index (χ2v) is 4.80. The van der Waals surface area contributed by atoms with Crippen LogP contribution in [0.3, 0.4) is 0 Å². The standard InChI is InChI=1S/C16H14O3/c1-9-4-6-13-12(8-9)11(3)16(19-13)15(17)14-7-5-10(2)18-14/h4-8H,1-3H3. The van der Waals surface area contributed by atoms with Crippen LogP contribution in [-0.4, -0.2) is 5.78 Å². The van der Waals surface area contributed by atoms with E-state index in [-0.39, 0.29) is 5.78 Å². The van der Waals surface area contributed by atoms with Crippen molar-refractivity contribution in [2.45, 2.75) is 20.8 Å². The number of furan rings is 2. The first kappa shape index (κ1) is 11.8. The summed E-state index contributed by atoms with van der Waals surface area (Å²) in [5.74, 6) is 1.18. The van der Waals surface area contributed by atoms with Crippen molar-refractivity contribution in [3.05, 3.63) is 58.7 Å². The van der Waals surface area contributed by atoms with Crippen LogP contribution in [0.5, 0.6) is 0 Å². The summed E-state index contributed by atoms with van der Waals surface area (Å²) in [6, 6.07) is 9.33. The van der Waals surface area contributed by atoms with Gasteiger partial charge in [-0.25, -0.2) is 0 Å². The number of carbonyl (C=O) groups excluding carboxylic acids is 1. The Kier molecular flexibility index (Phi) is 2.56. The molecule has 0 spiro atoms. The third-order valence-corrected chi connectivity index (χ3v) is 3.26. The van der Waals surface area contributed by atoms with Crippen molar-refractivity contribution < 1.29 is 13.6 Å². The van der Waals surface area contributed by atoms with Gasteiger partial charge in [-0.15, -0.1) is 0 Å². The molecule has 0 aliphatic heterocycles. The van der Waals surface area contributed by atoms with Crippen molar-refractivity contribution in [2.24, 2.45) is 0 Å². The molecule has 19 heavy (non-hydrogen) atoms. The quantitative estimate of drug-likeness (QED) is 0.644. The molecule has 96 valence electrons. The highest BCUT2D eigenvalue weighted by Crippen LogP contribution is 2.28. The van der Waals surface area contributed by atoms with Crippen LogP contribution in [0.1, 0.15) is 33.2 Å². The largest absolute Gasteiger partial charge is 0.458 e. The summed E-state index contributed by atoms with van der Waals surface area (Å²) in [4.78, 5) is 12.3. The Balaban J connectivity index is 2.15. The lowest BCUT2D eigenvalue weighted by molar-refractivity contribution is 0.0983. The van der Waals surface area contributed by atoms with E-state index in [4.69, 9.17) is 8.83 Å². The van der Waals surface area contributed by atoms with E-state index in [2.05, 4.69) is 0 Å². The zero-order chi connectivity index (χ0) is 13.6. The second kappa shape index (κ2) is 4.12. The van der Waals surface area contributed by atoms with Gasteiger partial charge in [-0.3, -0.25) is 4.79 Å². The molecule has 3 aromatic rings. The van der Waals surface area contributed by atoms with Crippen LogP contribution in [0.15, 0.2) is 39.2 Å². The van der Waals surface area contributed by atoms with Crippen molar-refractivity contribution in [3.8, 4) is 0 Å². The van der Waals surface area contributed by atoms with Crippen molar-refractivity contribution in [2.75, 3.05) is 0 Å². The molecule has 3 heteroatoms. The topological polar surface area (TPSA) is 43.4 Å². The molecule has 2 heterocycles. The number of benzene rings is 1. The summed E-state index contributed by atoms with van der Waals surface area (Å²) in [7, 11) is 0. The molecule has 0 N–H and O–H groups in total. The summed E-state index contributed by atoms with van der Waals surface area (Å²) in [6.07, 6.45) is 0. The molecule has 0 radical (unpaired) electrons. The molecular formula is C16H14O3. The third kappa shape index (κ3) is 1.87. The summed E-state index contributed by atoms with van der Waals surface area (Å²) in [5, 5.41) is 0.978. The van der Waals surface area contributed by atoms with Gasteiger partial charge in [0.15, 0.2) is 11.5 Å². The van der Waals surface area contributed by atoms with Gasteiger partial charge in [-0.2, -0.15) is 0 Å². The van der Waals surface area contributed by atoms with Gasteiger partial charge in [-0.05, 0) is 45.0 Å². The van der Waals surface area contributed by atoms with Crippen LogP contribution >= 0.6 is 0 Å². The molecule has 0 saturated carbocycles. The number of hydrogen-bond acceptors (Lipinski definition) is 3. The van der Waals surface area contributed by atoms with Gasteiger partial charge < -0.3 is 8.83 Å². The zero-order valence-corrected chi connectivity index (χ0v) is 11.1. The lowest BCUT2D eigenvalue weighted by Crippen LogP contribution is -1.99. The lowest BCUT2D eigenvalue weighted by Gasteiger charge is -1.94. The maximum atomic E-state index is 12.3. The minimum absolute atomic E-state index is 0.209. The molecule has 2 aromatic heterocycles. The van der Waals surface area contributed by atoms with Gasteiger partial charge in [-0.1, -0.05) is 11.6 Å². The third-order valence-electron chi connectivity index (χ3n) is 3.26. The highest BCUT2D eigenvalue weighted by molar-refractivity contribution is 6.08. The van der Waals surface area contributed by atoms with Crippen molar-refractivity contribution in [3.63, 3.8) is 0 Å². The number of hydrogen-bond donors (Lipinski definition) is 0. The fourth-order valence-electron chi connectivity index (χ4n) is 2.22. The van der Waals surface area contributed by atoms with Gasteiger partial charge in [0.1, 0.15) is 11.3 Å². The summed E-state index contributed by atoms with van der Waals surface area (Å²) >= 11 is 0. The molecule has 0 saturated heterocycles. The van der Waals surface area contributed by atoms with Crippen molar-refractivity contribution in [1.82, 2.24) is 0 Å². The Morgan fingerprint density at radius 3 is 2.47 bits per heavy atom. The molecule has 0 atom stereocenters. The van der Waals surface area contributed by atoms with Crippen LogP contribution in [0.25, 0.3) is 11.0 Å². The molecule has 0 bridgehead atoms. The molecule has 0 aliphatic rings. The minimum Gasteiger partial charge on any atom is -0.458 e. The first-order chi connectivity index (χ1) is 9.06. The first-order valence-electron chi connectivity index (χ1n) is 6.17. The fourth-order valence-corrected chi connectivity index (χ4v) is 2.22. The zero-order valence-electron chi connectivity index (χ0n) is 11.1. The van der Waals surface area contributed by atoms with Crippen LogP contribution in [0, 0.1) is 20.8 Å². The van der Waals surface area contributed by atoms with E-state index >= 15 is 0 Å². The molecule has 0 fully saturated rings. The molecule has 0 unspecified atom stereocenters. The predicted octanol–water partition coefficient (Wildman–Crippen LogP) is 4.18. The van der Waals surface area contributed by atoms with Gasteiger partial charge in [0.2, 0.25) is 0 Å². The van der Waals surface area contributed by atoms with Crippen LogP contribution < -0.4 is 0 Å². The molecule has 0 aliphatic carbocycles. The van der Waals surface area contributed by atoms with E-state index in [0.717, 1.165) is 22.1 Å².